The SMILES string of the molecule is CO.Cc1nc(-c2cc(C#N)c(OCC(C)C)c(OC(F)F)c2)sc1C=O. The van der Waals surface area contributed by atoms with Crippen molar-refractivity contribution < 1.29 is 28.2 Å². The lowest BCUT2D eigenvalue weighted by Crippen LogP contribution is -2.09. The van der Waals surface area contributed by atoms with E-state index in [2.05, 4.69) is 9.72 Å². The van der Waals surface area contributed by atoms with Gasteiger partial charge >= 0.3 is 6.61 Å². The third-order valence-electron chi connectivity index (χ3n) is 3.14. The molecule has 0 saturated heterocycles. The second kappa shape index (κ2) is 10.5. The van der Waals surface area contributed by atoms with Crippen molar-refractivity contribution >= 4 is 17.6 Å². The Balaban J connectivity index is 0.00000176. The molecule has 0 spiro atoms. The number of aliphatic hydroxyl groups is 1. The number of aromatic nitrogens is 1. The second-order valence-corrected chi connectivity index (χ2v) is 6.66. The normalized spacial score (nSPS) is 10.2. The number of hydrogen-bond donors (Lipinski definition) is 1. The number of rotatable bonds is 7. The van der Waals surface area contributed by atoms with Gasteiger partial charge in [-0.1, -0.05) is 13.8 Å². The Morgan fingerprint density at radius 1 is 1.37 bits per heavy atom. The number of hydrogen-bond acceptors (Lipinski definition) is 7. The van der Waals surface area contributed by atoms with Crippen LogP contribution in [0.5, 0.6) is 11.5 Å². The van der Waals surface area contributed by atoms with Gasteiger partial charge in [0.15, 0.2) is 17.8 Å². The van der Waals surface area contributed by atoms with Crippen molar-refractivity contribution in [3.63, 3.8) is 0 Å². The molecule has 0 amide bonds. The Kier molecular flexibility index (Phi) is 8.78. The molecule has 1 heterocycles. The highest BCUT2D eigenvalue weighted by atomic mass is 32.1. The molecule has 2 aromatic rings. The molecule has 0 aliphatic heterocycles. The summed E-state index contributed by atoms with van der Waals surface area (Å²) in [6.07, 6.45) is 0.679. The molecule has 0 aliphatic carbocycles. The van der Waals surface area contributed by atoms with Crippen LogP contribution in [0.2, 0.25) is 0 Å². The zero-order valence-electron chi connectivity index (χ0n) is 15.3. The molecule has 0 aliphatic rings. The molecular weight excluding hydrogens is 378 g/mol. The van der Waals surface area contributed by atoms with Crippen molar-refractivity contribution in [3.05, 3.63) is 28.3 Å². The van der Waals surface area contributed by atoms with E-state index in [4.69, 9.17) is 9.84 Å². The van der Waals surface area contributed by atoms with Gasteiger partial charge in [0.2, 0.25) is 0 Å². The Morgan fingerprint density at radius 2 is 2.04 bits per heavy atom. The highest BCUT2D eigenvalue weighted by molar-refractivity contribution is 7.16. The van der Waals surface area contributed by atoms with Crippen LogP contribution in [-0.4, -0.2) is 36.7 Å². The Morgan fingerprint density at radius 3 is 2.52 bits per heavy atom. The number of aliphatic hydroxyl groups excluding tert-OH is 1. The van der Waals surface area contributed by atoms with Crippen LogP contribution in [0, 0.1) is 24.2 Å². The highest BCUT2D eigenvalue weighted by Crippen LogP contribution is 2.39. The highest BCUT2D eigenvalue weighted by Gasteiger charge is 2.20. The number of carbonyl (C=O) groups is 1. The van der Waals surface area contributed by atoms with E-state index in [9.17, 15) is 18.8 Å². The minimum absolute atomic E-state index is 0.0239. The summed E-state index contributed by atoms with van der Waals surface area (Å²) in [6, 6.07) is 4.77. The number of carbonyl (C=O) groups excluding carboxylic acids is 1. The number of ether oxygens (including phenoxy) is 2. The first kappa shape index (κ1) is 22.5. The van der Waals surface area contributed by atoms with E-state index in [1.807, 2.05) is 19.9 Å². The molecule has 0 bridgehead atoms. The minimum atomic E-state index is -3.06. The monoisotopic (exact) mass is 398 g/mol. The average Bonchev–Trinajstić information content (AvgIpc) is 3.02. The first-order valence-corrected chi connectivity index (χ1v) is 8.70. The van der Waals surface area contributed by atoms with Gasteiger partial charge in [0.25, 0.3) is 0 Å². The summed E-state index contributed by atoms with van der Waals surface area (Å²) in [5.74, 6) is -0.114. The van der Waals surface area contributed by atoms with E-state index in [0.29, 0.717) is 27.4 Å². The zero-order valence-corrected chi connectivity index (χ0v) is 16.1. The molecule has 0 saturated carbocycles. The van der Waals surface area contributed by atoms with Gasteiger partial charge in [-0.25, -0.2) is 4.98 Å². The Bertz CT molecular complexity index is 816. The number of aldehydes is 1. The van der Waals surface area contributed by atoms with Gasteiger partial charge in [-0.05, 0) is 25.0 Å². The minimum Gasteiger partial charge on any atom is -0.488 e. The summed E-state index contributed by atoms with van der Waals surface area (Å²) >= 11 is 1.11. The maximum absolute atomic E-state index is 12.8. The second-order valence-electron chi connectivity index (χ2n) is 5.63. The predicted molar refractivity (Wildman–Crippen MR) is 97.5 cm³/mol. The number of nitriles is 1. The molecule has 0 fully saturated rings. The molecular formula is C18H20F2N2O4S. The van der Waals surface area contributed by atoms with E-state index in [0.717, 1.165) is 18.4 Å². The number of nitrogens with zero attached hydrogens (tertiary/aromatic N) is 2. The van der Waals surface area contributed by atoms with Crippen molar-refractivity contribution in [1.29, 1.82) is 5.26 Å². The lowest BCUT2D eigenvalue weighted by Gasteiger charge is -2.16. The van der Waals surface area contributed by atoms with Gasteiger partial charge in [-0.15, -0.1) is 11.3 Å². The lowest BCUT2D eigenvalue weighted by molar-refractivity contribution is -0.0515. The molecule has 0 radical (unpaired) electrons. The fourth-order valence-corrected chi connectivity index (χ4v) is 2.90. The smallest absolute Gasteiger partial charge is 0.387 e. The fraction of sp³-hybridized carbons (Fsp3) is 0.389. The number of aryl methyl sites for hydroxylation is 1. The van der Waals surface area contributed by atoms with E-state index in [1.165, 1.54) is 12.1 Å². The van der Waals surface area contributed by atoms with E-state index >= 15 is 0 Å². The zero-order chi connectivity index (χ0) is 20.6. The summed E-state index contributed by atoms with van der Waals surface area (Å²) in [4.78, 5) is 15.7. The van der Waals surface area contributed by atoms with Crippen LogP contribution in [0.15, 0.2) is 12.1 Å². The lowest BCUT2D eigenvalue weighted by atomic mass is 10.1. The number of thiazole rings is 1. The molecule has 2 rings (SSSR count). The summed E-state index contributed by atoms with van der Waals surface area (Å²) < 4.78 is 35.6. The van der Waals surface area contributed by atoms with Crippen molar-refractivity contribution in [3.8, 4) is 28.1 Å². The standard InChI is InChI=1S/C17H16F2N2O3S.CH4O/c1-9(2)8-23-15-12(6-20)4-11(5-13(15)24-17(18)19)16-21-10(3)14(7-22)25-16;1-2/h4-5,7,9,17H,8H2,1-3H3;2H,1H3. The third-order valence-corrected chi connectivity index (χ3v) is 4.27. The number of benzene rings is 1. The fourth-order valence-electron chi connectivity index (χ4n) is 2.03. The van der Waals surface area contributed by atoms with Crippen LogP contribution >= 0.6 is 11.3 Å². The molecule has 0 atom stereocenters. The third kappa shape index (κ3) is 5.98. The summed E-state index contributed by atoms with van der Waals surface area (Å²) in [5, 5.41) is 16.8. The van der Waals surface area contributed by atoms with Crippen LogP contribution in [0.4, 0.5) is 8.78 Å². The van der Waals surface area contributed by atoms with E-state index in [-0.39, 0.29) is 29.6 Å². The Labute approximate surface area is 160 Å². The van der Waals surface area contributed by atoms with Gasteiger partial charge in [0.1, 0.15) is 11.1 Å². The van der Waals surface area contributed by atoms with E-state index in [1.54, 1.807) is 6.92 Å². The molecule has 1 aromatic heterocycles. The van der Waals surface area contributed by atoms with E-state index < -0.39 is 6.61 Å². The van der Waals surface area contributed by atoms with Crippen LogP contribution in [-0.2, 0) is 0 Å². The van der Waals surface area contributed by atoms with Gasteiger partial charge in [-0.2, -0.15) is 14.0 Å². The van der Waals surface area contributed by atoms with Gasteiger partial charge in [0.05, 0.1) is 22.7 Å². The number of alkyl halides is 2. The number of halogens is 2. The summed E-state index contributed by atoms with van der Waals surface area (Å²) in [7, 11) is 1.00. The first-order valence-electron chi connectivity index (χ1n) is 7.89. The van der Waals surface area contributed by atoms with Crippen molar-refractivity contribution in [1.82, 2.24) is 4.98 Å². The van der Waals surface area contributed by atoms with Crippen molar-refractivity contribution in [2.24, 2.45) is 5.92 Å². The van der Waals surface area contributed by atoms with Crippen LogP contribution in [0.3, 0.4) is 0 Å². The molecule has 1 aromatic carbocycles. The quantitative estimate of drug-likeness (QED) is 0.708. The molecule has 146 valence electrons. The summed E-state index contributed by atoms with van der Waals surface area (Å²) in [6.45, 7) is 2.65. The van der Waals surface area contributed by atoms with Gasteiger partial charge < -0.3 is 14.6 Å². The van der Waals surface area contributed by atoms with Crippen LogP contribution in [0.1, 0.15) is 34.8 Å². The first-order chi connectivity index (χ1) is 12.8. The van der Waals surface area contributed by atoms with Crippen LogP contribution < -0.4 is 9.47 Å². The maximum atomic E-state index is 12.8. The molecule has 27 heavy (non-hydrogen) atoms. The van der Waals surface area contributed by atoms with Gasteiger partial charge in [-0.3, -0.25) is 4.79 Å². The van der Waals surface area contributed by atoms with Crippen LogP contribution in [0.25, 0.3) is 10.6 Å². The Hall–Kier alpha value is -2.57. The molecule has 6 nitrogen and oxygen atoms in total. The average molecular weight is 398 g/mol. The topological polar surface area (TPSA) is 92.4 Å². The van der Waals surface area contributed by atoms with Crippen molar-refractivity contribution in [2.75, 3.05) is 13.7 Å². The van der Waals surface area contributed by atoms with Gasteiger partial charge in [0, 0.05) is 12.7 Å². The summed E-state index contributed by atoms with van der Waals surface area (Å²) in [5.41, 5.74) is 1.00. The molecule has 9 heteroatoms. The maximum Gasteiger partial charge on any atom is 0.387 e. The molecule has 0 unspecified atom stereocenters. The largest absolute Gasteiger partial charge is 0.488 e. The van der Waals surface area contributed by atoms with Crippen molar-refractivity contribution in [2.45, 2.75) is 27.4 Å². The molecule has 1 N–H and O–H groups in total. The predicted octanol–water partition coefficient (Wildman–Crippen LogP) is 4.05.